The summed E-state index contributed by atoms with van der Waals surface area (Å²) >= 11 is 0. The first-order chi connectivity index (χ1) is 13.2. The Morgan fingerprint density at radius 2 is 1.82 bits per heavy atom. The van der Waals surface area contributed by atoms with E-state index in [-0.39, 0.29) is 12.3 Å². The van der Waals surface area contributed by atoms with Gasteiger partial charge in [0, 0.05) is 13.1 Å². The smallest absolute Gasteiger partial charge is 0.303 e. The number of carboxylic acid groups (broad SMARTS) is 1. The maximum Gasteiger partial charge on any atom is 0.303 e. The Hall–Kier alpha value is -2.57. The molecule has 2 aromatic rings. The van der Waals surface area contributed by atoms with Gasteiger partial charge in [-0.3, -0.25) is 9.89 Å². The lowest BCUT2D eigenvalue weighted by Crippen LogP contribution is -2.31. The van der Waals surface area contributed by atoms with Crippen molar-refractivity contribution in [1.82, 2.24) is 15.2 Å². The van der Waals surface area contributed by atoms with Crippen LogP contribution in [-0.2, 0) is 4.79 Å². The molecule has 0 saturated heterocycles. The maximum atomic E-state index is 11.1. The number of hydrogen-bond acceptors (Lipinski definition) is 5. The third-order valence-corrected chi connectivity index (χ3v) is 4.43. The summed E-state index contributed by atoms with van der Waals surface area (Å²) < 4.78 is 0. The van der Waals surface area contributed by atoms with E-state index in [4.69, 9.17) is 5.11 Å². The summed E-state index contributed by atoms with van der Waals surface area (Å²) in [7, 11) is 0. The van der Waals surface area contributed by atoms with E-state index in [9.17, 15) is 4.79 Å². The summed E-state index contributed by atoms with van der Waals surface area (Å²) in [5.74, 6) is 1.41. The summed E-state index contributed by atoms with van der Waals surface area (Å²) in [5, 5.41) is 19.5. The Bertz CT molecular complexity index is 775. The number of nitrogens with zero attached hydrogens (tertiary/aromatic N) is 3. The summed E-state index contributed by atoms with van der Waals surface area (Å²) in [4.78, 5) is 17.9. The minimum Gasteiger partial charge on any atom is -0.481 e. The summed E-state index contributed by atoms with van der Waals surface area (Å²) in [6, 6.07) is 6.15. The Kier molecular flexibility index (Phi) is 7.43. The molecule has 0 bridgehead atoms. The van der Waals surface area contributed by atoms with E-state index >= 15 is 0 Å². The average Bonchev–Trinajstić information content (AvgIpc) is 2.97. The lowest BCUT2D eigenvalue weighted by Gasteiger charge is -2.31. The molecule has 1 heterocycles. The van der Waals surface area contributed by atoms with Crippen molar-refractivity contribution in [3.8, 4) is 0 Å². The van der Waals surface area contributed by atoms with Crippen LogP contribution in [0.25, 0.3) is 0 Å². The van der Waals surface area contributed by atoms with E-state index in [1.165, 1.54) is 0 Å². The molecule has 0 radical (unpaired) electrons. The zero-order chi connectivity index (χ0) is 20.8. The highest BCUT2D eigenvalue weighted by Crippen LogP contribution is 2.33. The molecule has 0 aliphatic carbocycles. The fourth-order valence-electron chi connectivity index (χ4n) is 3.29. The first-order valence-corrected chi connectivity index (χ1v) is 9.92. The second kappa shape index (κ2) is 9.57. The monoisotopic (exact) mass is 387 g/mol. The van der Waals surface area contributed by atoms with E-state index in [0.29, 0.717) is 17.8 Å². The van der Waals surface area contributed by atoms with Crippen molar-refractivity contribution in [3.05, 3.63) is 29.6 Å². The fourth-order valence-corrected chi connectivity index (χ4v) is 3.29. The number of aromatic amines is 1. The molecule has 0 amide bonds. The molecular weight excluding hydrogens is 354 g/mol. The quantitative estimate of drug-likeness (QED) is 0.553. The molecule has 3 N–H and O–H groups in total. The van der Waals surface area contributed by atoms with Crippen LogP contribution >= 0.6 is 0 Å². The van der Waals surface area contributed by atoms with Crippen molar-refractivity contribution < 1.29 is 9.90 Å². The van der Waals surface area contributed by atoms with Crippen LogP contribution in [0.2, 0.25) is 0 Å². The zero-order valence-corrected chi connectivity index (χ0v) is 17.8. The van der Waals surface area contributed by atoms with Gasteiger partial charge in [0.15, 0.2) is 0 Å². The first-order valence-electron chi connectivity index (χ1n) is 9.92. The molecule has 0 aliphatic heterocycles. The third-order valence-electron chi connectivity index (χ3n) is 4.43. The Morgan fingerprint density at radius 1 is 1.18 bits per heavy atom. The topological polar surface area (TPSA) is 94.1 Å². The number of rotatable bonds is 10. The van der Waals surface area contributed by atoms with Crippen LogP contribution < -0.4 is 10.2 Å². The molecule has 0 saturated carbocycles. The largest absolute Gasteiger partial charge is 0.481 e. The molecule has 0 spiro atoms. The Morgan fingerprint density at radius 3 is 2.32 bits per heavy atom. The molecule has 0 fully saturated rings. The number of aliphatic carboxylic acids is 1. The molecule has 1 aromatic heterocycles. The Labute approximate surface area is 167 Å². The van der Waals surface area contributed by atoms with Crippen LogP contribution in [-0.4, -0.2) is 39.3 Å². The second-order valence-corrected chi connectivity index (χ2v) is 8.34. The van der Waals surface area contributed by atoms with Gasteiger partial charge in [0.25, 0.3) is 0 Å². The summed E-state index contributed by atoms with van der Waals surface area (Å²) in [6.45, 7) is 14.5. The van der Waals surface area contributed by atoms with Crippen molar-refractivity contribution in [1.29, 1.82) is 0 Å². The number of aromatic nitrogens is 3. The summed E-state index contributed by atoms with van der Waals surface area (Å²) in [6.07, 6.45) is 0.0975. The van der Waals surface area contributed by atoms with Crippen molar-refractivity contribution in [2.45, 2.75) is 53.9 Å². The molecule has 1 unspecified atom stereocenters. The second-order valence-electron chi connectivity index (χ2n) is 8.34. The van der Waals surface area contributed by atoms with E-state index in [1.54, 1.807) is 0 Å². The molecule has 154 valence electrons. The minimum atomic E-state index is -0.795. The number of aryl methyl sites for hydroxylation is 1. The van der Waals surface area contributed by atoms with Crippen molar-refractivity contribution in [2.75, 3.05) is 23.3 Å². The predicted octanol–water partition coefficient (Wildman–Crippen LogP) is 4.55. The number of hydrogen-bond donors (Lipinski definition) is 3. The van der Waals surface area contributed by atoms with Crippen LogP contribution in [0.1, 0.15) is 58.3 Å². The van der Waals surface area contributed by atoms with E-state index in [2.05, 4.69) is 59.2 Å². The van der Waals surface area contributed by atoms with Gasteiger partial charge in [-0.15, -0.1) is 5.10 Å². The highest BCUT2D eigenvalue weighted by Gasteiger charge is 2.18. The number of anilines is 3. The predicted molar refractivity (Wildman–Crippen MR) is 113 cm³/mol. The highest BCUT2D eigenvalue weighted by molar-refractivity contribution is 5.75. The maximum absolute atomic E-state index is 11.1. The van der Waals surface area contributed by atoms with Crippen LogP contribution in [0.3, 0.4) is 0 Å². The van der Waals surface area contributed by atoms with Crippen molar-refractivity contribution in [2.24, 2.45) is 11.8 Å². The van der Waals surface area contributed by atoms with Crippen LogP contribution in [0, 0.1) is 18.8 Å². The molecule has 7 nitrogen and oxygen atoms in total. The van der Waals surface area contributed by atoms with Gasteiger partial charge in [0.2, 0.25) is 5.95 Å². The van der Waals surface area contributed by atoms with Gasteiger partial charge in [0.1, 0.15) is 5.82 Å². The molecule has 7 heteroatoms. The van der Waals surface area contributed by atoms with Gasteiger partial charge in [-0.25, -0.2) is 0 Å². The Balaban J connectivity index is 2.44. The SMILES string of the molecule is Cc1nc(Nc2cc(C(C)CC(=O)O)ccc2N(CC(C)C)CC(C)C)n[nH]1. The van der Waals surface area contributed by atoms with Gasteiger partial charge in [-0.1, -0.05) is 40.7 Å². The van der Waals surface area contributed by atoms with Gasteiger partial charge in [0.05, 0.1) is 17.8 Å². The van der Waals surface area contributed by atoms with E-state index in [0.717, 1.165) is 35.9 Å². The first kappa shape index (κ1) is 21.7. The number of carboxylic acids is 1. The number of carbonyl (C=O) groups is 1. The van der Waals surface area contributed by atoms with Gasteiger partial charge in [-0.05, 0) is 42.4 Å². The molecule has 1 aromatic carbocycles. The van der Waals surface area contributed by atoms with E-state index in [1.807, 2.05) is 26.0 Å². The van der Waals surface area contributed by atoms with E-state index < -0.39 is 5.97 Å². The third kappa shape index (κ3) is 6.25. The highest BCUT2D eigenvalue weighted by atomic mass is 16.4. The average molecular weight is 388 g/mol. The zero-order valence-electron chi connectivity index (χ0n) is 17.8. The lowest BCUT2D eigenvalue weighted by atomic mass is 9.96. The van der Waals surface area contributed by atoms with Crippen molar-refractivity contribution in [3.63, 3.8) is 0 Å². The standard InChI is InChI=1S/C21H33N5O2/c1-13(2)11-26(12-14(3)4)19-8-7-17(15(5)9-20(27)28)10-18(19)23-21-22-16(6)24-25-21/h7-8,10,13-15H,9,11-12H2,1-6H3,(H,27,28)(H2,22,23,24,25). The number of benzene rings is 1. The fraction of sp³-hybridized carbons (Fsp3) is 0.571. The van der Waals surface area contributed by atoms with Crippen LogP contribution in [0.5, 0.6) is 0 Å². The van der Waals surface area contributed by atoms with Gasteiger partial charge < -0.3 is 15.3 Å². The molecule has 2 rings (SSSR count). The molecule has 28 heavy (non-hydrogen) atoms. The van der Waals surface area contributed by atoms with Gasteiger partial charge in [-0.2, -0.15) is 4.98 Å². The number of H-pyrrole nitrogens is 1. The van der Waals surface area contributed by atoms with Crippen molar-refractivity contribution >= 4 is 23.3 Å². The minimum absolute atomic E-state index is 0.0790. The number of nitrogens with one attached hydrogen (secondary N) is 2. The molecular formula is C21H33N5O2. The molecule has 0 aliphatic rings. The summed E-state index contributed by atoms with van der Waals surface area (Å²) in [5.41, 5.74) is 2.96. The van der Waals surface area contributed by atoms with Crippen LogP contribution in [0.4, 0.5) is 17.3 Å². The van der Waals surface area contributed by atoms with Crippen LogP contribution in [0.15, 0.2) is 18.2 Å². The molecule has 1 atom stereocenters. The lowest BCUT2D eigenvalue weighted by molar-refractivity contribution is -0.137. The van der Waals surface area contributed by atoms with Gasteiger partial charge >= 0.3 is 5.97 Å². The normalized spacial score (nSPS) is 12.4.